The van der Waals surface area contributed by atoms with Crippen LogP contribution >= 0.6 is 11.3 Å². The first kappa shape index (κ1) is 13.3. The van der Waals surface area contributed by atoms with Crippen molar-refractivity contribution < 1.29 is 5.11 Å². The van der Waals surface area contributed by atoms with Gasteiger partial charge in [0, 0.05) is 16.2 Å². The zero-order valence-corrected chi connectivity index (χ0v) is 13.3. The molecule has 4 aliphatic carbocycles. The molecule has 1 aromatic rings. The van der Waals surface area contributed by atoms with Crippen LogP contribution in [-0.4, -0.2) is 11.2 Å². The van der Waals surface area contributed by atoms with E-state index in [4.69, 9.17) is 0 Å². The second kappa shape index (κ2) is 4.84. The monoisotopic (exact) mass is 290 g/mol. The second-order valence-electron chi connectivity index (χ2n) is 7.72. The zero-order chi connectivity index (χ0) is 13.7. The average Bonchev–Trinajstić information content (AvgIpc) is 2.85. The first-order valence-corrected chi connectivity index (χ1v) is 9.24. The molecular formula is C18H26OS. The van der Waals surface area contributed by atoms with Crippen LogP contribution in [0.25, 0.3) is 0 Å². The molecule has 4 saturated carbocycles. The summed E-state index contributed by atoms with van der Waals surface area (Å²) in [5.41, 5.74) is 0.283. The van der Waals surface area contributed by atoms with Gasteiger partial charge in [-0.15, -0.1) is 11.3 Å². The first-order chi connectivity index (χ1) is 9.67. The largest absolute Gasteiger partial charge is 0.392 e. The molecule has 110 valence electrons. The molecule has 4 aliphatic rings. The Hall–Kier alpha value is -0.340. The number of thiophene rings is 1. The van der Waals surface area contributed by atoms with Crippen molar-refractivity contribution in [3.8, 4) is 0 Å². The number of aryl methyl sites for hydroxylation is 1. The Labute approximate surface area is 126 Å². The Kier molecular flexibility index (Phi) is 3.23. The van der Waals surface area contributed by atoms with Crippen LogP contribution < -0.4 is 0 Å². The fourth-order valence-corrected chi connectivity index (χ4v) is 6.71. The standard InChI is InChI=1S/C18H26OS/c1-2-15-3-4-16(20-15)8-17(19)18-9-12-5-13(10-18)7-14(6-12)11-18/h3-4,12-14,17,19H,2,5-11H2,1H3. The predicted octanol–water partition coefficient (Wildman–Crippen LogP) is 4.43. The van der Waals surface area contributed by atoms with E-state index in [0.29, 0.717) is 0 Å². The molecule has 0 amide bonds. The lowest BCUT2D eigenvalue weighted by Crippen LogP contribution is -2.52. The number of hydrogen-bond donors (Lipinski definition) is 1. The molecule has 2 heteroatoms. The van der Waals surface area contributed by atoms with Gasteiger partial charge >= 0.3 is 0 Å². The van der Waals surface area contributed by atoms with Crippen molar-refractivity contribution in [3.63, 3.8) is 0 Å². The Morgan fingerprint density at radius 3 is 2.15 bits per heavy atom. The summed E-state index contributed by atoms with van der Waals surface area (Å²) < 4.78 is 0. The molecule has 0 aliphatic heterocycles. The van der Waals surface area contributed by atoms with Crippen LogP contribution in [0.1, 0.15) is 55.2 Å². The molecule has 1 atom stereocenters. The summed E-state index contributed by atoms with van der Waals surface area (Å²) in [5, 5.41) is 11.0. The van der Waals surface area contributed by atoms with Crippen molar-refractivity contribution in [2.45, 2.75) is 64.4 Å². The van der Waals surface area contributed by atoms with Crippen molar-refractivity contribution in [3.05, 3.63) is 21.9 Å². The van der Waals surface area contributed by atoms with Gasteiger partial charge in [-0.1, -0.05) is 6.92 Å². The summed E-state index contributed by atoms with van der Waals surface area (Å²) in [6, 6.07) is 4.49. The highest BCUT2D eigenvalue weighted by Crippen LogP contribution is 2.61. The summed E-state index contributed by atoms with van der Waals surface area (Å²) in [6.07, 6.45) is 10.2. The van der Waals surface area contributed by atoms with E-state index in [1.807, 2.05) is 11.3 Å². The summed E-state index contributed by atoms with van der Waals surface area (Å²) in [6.45, 7) is 2.21. The Morgan fingerprint density at radius 2 is 1.65 bits per heavy atom. The van der Waals surface area contributed by atoms with Crippen molar-refractivity contribution in [2.24, 2.45) is 23.2 Å². The predicted molar refractivity (Wildman–Crippen MR) is 84.0 cm³/mol. The van der Waals surface area contributed by atoms with Crippen LogP contribution in [0.2, 0.25) is 0 Å². The molecule has 1 heterocycles. The average molecular weight is 290 g/mol. The lowest BCUT2D eigenvalue weighted by atomic mass is 9.48. The maximum absolute atomic E-state index is 11.0. The maximum atomic E-state index is 11.0. The van der Waals surface area contributed by atoms with Crippen molar-refractivity contribution in [1.29, 1.82) is 0 Å². The third-order valence-electron chi connectivity index (χ3n) is 6.25. The molecule has 1 nitrogen and oxygen atoms in total. The number of hydrogen-bond acceptors (Lipinski definition) is 2. The number of aliphatic hydroxyl groups is 1. The zero-order valence-electron chi connectivity index (χ0n) is 12.5. The Bertz CT molecular complexity index is 454. The van der Waals surface area contributed by atoms with Gasteiger partial charge in [0.2, 0.25) is 0 Å². The van der Waals surface area contributed by atoms with Crippen LogP contribution in [0, 0.1) is 23.2 Å². The number of rotatable bonds is 4. The summed E-state index contributed by atoms with van der Waals surface area (Å²) >= 11 is 1.91. The fourth-order valence-electron chi connectivity index (χ4n) is 5.71. The van der Waals surface area contributed by atoms with Gasteiger partial charge in [-0.05, 0) is 80.2 Å². The van der Waals surface area contributed by atoms with E-state index in [9.17, 15) is 5.11 Å². The molecular weight excluding hydrogens is 264 g/mol. The highest BCUT2D eigenvalue weighted by molar-refractivity contribution is 7.11. The van der Waals surface area contributed by atoms with Crippen LogP contribution in [-0.2, 0) is 12.8 Å². The molecule has 1 unspecified atom stereocenters. The second-order valence-corrected chi connectivity index (χ2v) is 8.97. The molecule has 0 saturated heterocycles. The van der Waals surface area contributed by atoms with E-state index < -0.39 is 0 Å². The van der Waals surface area contributed by atoms with E-state index in [-0.39, 0.29) is 11.5 Å². The van der Waals surface area contributed by atoms with Crippen LogP contribution in [0.4, 0.5) is 0 Å². The Balaban J connectivity index is 1.51. The smallest absolute Gasteiger partial charge is 0.0644 e. The molecule has 1 aromatic heterocycles. The minimum atomic E-state index is -0.0979. The summed E-state index contributed by atoms with van der Waals surface area (Å²) in [4.78, 5) is 2.85. The van der Waals surface area contributed by atoms with Crippen molar-refractivity contribution in [2.75, 3.05) is 0 Å². The third-order valence-corrected chi connectivity index (χ3v) is 7.50. The molecule has 0 spiro atoms. The van der Waals surface area contributed by atoms with Crippen molar-refractivity contribution >= 4 is 11.3 Å². The van der Waals surface area contributed by atoms with E-state index in [0.717, 1.165) is 30.6 Å². The lowest BCUT2D eigenvalue weighted by Gasteiger charge is -2.58. The van der Waals surface area contributed by atoms with Crippen LogP contribution in [0.15, 0.2) is 12.1 Å². The highest BCUT2D eigenvalue weighted by Gasteiger charge is 2.53. The topological polar surface area (TPSA) is 20.2 Å². The third kappa shape index (κ3) is 2.16. The van der Waals surface area contributed by atoms with Gasteiger partial charge in [0.25, 0.3) is 0 Å². The van der Waals surface area contributed by atoms with E-state index in [2.05, 4.69) is 19.1 Å². The van der Waals surface area contributed by atoms with Crippen molar-refractivity contribution in [1.82, 2.24) is 0 Å². The minimum absolute atomic E-state index is 0.0979. The first-order valence-electron chi connectivity index (χ1n) is 8.42. The quantitative estimate of drug-likeness (QED) is 0.869. The SMILES string of the molecule is CCc1ccc(CC(O)C23CC4CC(CC(C4)C2)C3)s1. The molecule has 4 fully saturated rings. The highest BCUT2D eigenvalue weighted by atomic mass is 32.1. The van der Waals surface area contributed by atoms with Gasteiger partial charge in [0.15, 0.2) is 0 Å². The lowest BCUT2D eigenvalue weighted by molar-refractivity contribution is -0.119. The van der Waals surface area contributed by atoms with E-state index in [1.54, 1.807) is 0 Å². The van der Waals surface area contributed by atoms with E-state index >= 15 is 0 Å². The molecule has 0 aromatic carbocycles. The van der Waals surface area contributed by atoms with Gasteiger partial charge in [-0.3, -0.25) is 0 Å². The molecule has 0 radical (unpaired) electrons. The minimum Gasteiger partial charge on any atom is -0.392 e. The Morgan fingerprint density at radius 1 is 1.10 bits per heavy atom. The van der Waals surface area contributed by atoms with Crippen LogP contribution in [0.3, 0.4) is 0 Å². The fraction of sp³-hybridized carbons (Fsp3) is 0.778. The van der Waals surface area contributed by atoms with Gasteiger partial charge < -0.3 is 5.11 Å². The maximum Gasteiger partial charge on any atom is 0.0644 e. The molecule has 20 heavy (non-hydrogen) atoms. The van der Waals surface area contributed by atoms with Gasteiger partial charge in [0.05, 0.1) is 6.10 Å². The molecule has 4 bridgehead atoms. The van der Waals surface area contributed by atoms with Gasteiger partial charge in [-0.2, -0.15) is 0 Å². The summed E-state index contributed by atoms with van der Waals surface area (Å²) in [5.74, 6) is 2.81. The molecule has 5 rings (SSSR count). The van der Waals surface area contributed by atoms with Crippen LogP contribution in [0.5, 0.6) is 0 Å². The molecule has 1 N–H and O–H groups in total. The van der Waals surface area contributed by atoms with E-state index in [1.165, 1.54) is 48.3 Å². The summed E-state index contributed by atoms with van der Waals surface area (Å²) in [7, 11) is 0. The van der Waals surface area contributed by atoms with Gasteiger partial charge in [-0.25, -0.2) is 0 Å². The number of aliphatic hydroxyl groups excluding tert-OH is 1. The normalized spacial score (nSPS) is 40.2. The van der Waals surface area contributed by atoms with Gasteiger partial charge in [0.1, 0.15) is 0 Å².